The van der Waals surface area contributed by atoms with Crippen molar-refractivity contribution in [3.8, 4) is 0 Å². The number of nitro groups is 1. The fraction of sp³-hybridized carbons (Fsp3) is 0.167. The molecule has 0 aromatic heterocycles. The van der Waals surface area contributed by atoms with Gasteiger partial charge >= 0.3 is 5.97 Å². The van der Waals surface area contributed by atoms with Gasteiger partial charge in [-0.3, -0.25) is 19.7 Å². The minimum atomic E-state index is -0.484. The van der Waals surface area contributed by atoms with Crippen molar-refractivity contribution in [1.82, 2.24) is 4.90 Å². The van der Waals surface area contributed by atoms with Gasteiger partial charge in [-0.25, -0.2) is 0 Å². The summed E-state index contributed by atoms with van der Waals surface area (Å²) in [5.41, 5.74) is 3.96. The predicted octanol–water partition coefficient (Wildman–Crippen LogP) is 4.37. The molecule has 7 nitrogen and oxygen atoms in total. The Morgan fingerprint density at radius 1 is 1.03 bits per heavy atom. The molecule has 0 spiro atoms. The molecule has 3 rings (SSSR count). The van der Waals surface area contributed by atoms with Gasteiger partial charge in [0.15, 0.2) is 5.78 Å². The number of non-ortho nitro benzene ring substituents is 1. The number of carbonyl (C=O) groups excluding carboxylic acids is 2. The second-order valence-electron chi connectivity index (χ2n) is 7.03. The van der Waals surface area contributed by atoms with Crippen molar-refractivity contribution in [2.24, 2.45) is 0 Å². The van der Waals surface area contributed by atoms with Crippen LogP contribution in [0.25, 0.3) is 11.3 Å². The van der Waals surface area contributed by atoms with Crippen molar-refractivity contribution >= 4 is 28.7 Å². The largest absolute Gasteiger partial charge is 0.469 e. The van der Waals surface area contributed by atoms with E-state index in [1.54, 1.807) is 18.2 Å². The second-order valence-corrected chi connectivity index (χ2v) is 7.03. The molecule has 0 radical (unpaired) electrons. The molecule has 31 heavy (non-hydrogen) atoms. The molecule has 1 aliphatic heterocycles. The lowest BCUT2D eigenvalue weighted by Crippen LogP contribution is -2.22. The number of benzene rings is 2. The van der Waals surface area contributed by atoms with E-state index in [0.29, 0.717) is 22.4 Å². The van der Waals surface area contributed by atoms with Gasteiger partial charge in [0.25, 0.3) is 5.69 Å². The quantitative estimate of drug-likeness (QED) is 0.299. The summed E-state index contributed by atoms with van der Waals surface area (Å²) in [6.07, 6.45) is 3.70. The summed E-state index contributed by atoms with van der Waals surface area (Å²) in [4.78, 5) is 37.0. The number of hydrogen-bond donors (Lipinski definition) is 0. The van der Waals surface area contributed by atoms with Gasteiger partial charge in [-0.05, 0) is 47.9 Å². The fourth-order valence-corrected chi connectivity index (χ4v) is 3.46. The molecule has 0 saturated carbocycles. The number of esters is 1. The minimum Gasteiger partial charge on any atom is -0.469 e. The Morgan fingerprint density at radius 2 is 1.68 bits per heavy atom. The van der Waals surface area contributed by atoms with Crippen LogP contribution in [0, 0.1) is 10.1 Å². The fourth-order valence-electron chi connectivity index (χ4n) is 3.46. The number of methoxy groups -OCH3 is 1. The third kappa shape index (κ3) is 4.78. The van der Waals surface area contributed by atoms with Crippen LogP contribution in [0.3, 0.4) is 0 Å². The first kappa shape index (κ1) is 21.7. The average Bonchev–Trinajstić information content (AvgIpc) is 2.76. The normalized spacial score (nSPS) is 15.0. The maximum atomic E-state index is 12.6. The third-order valence-corrected chi connectivity index (χ3v) is 5.04. The number of ether oxygens (including phenoxy) is 1. The Bertz CT molecular complexity index is 1110. The van der Waals surface area contributed by atoms with Crippen LogP contribution in [0.2, 0.25) is 0 Å². The van der Waals surface area contributed by atoms with Crippen LogP contribution >= 0.6 is 0 Å². The van der Waals surface area contributed by atoms with Gasteiger partial charge < -0.3 is 9.64 Å². The van der Waals surface area contributed by atoms with Gasteiger partial charge in [0.05, 0.1) is 18.5 Å². The number of ketones is 1. The van der Waals surface area contributed by atoms with Crippen molar-refractivity contribution in [2.45, 2.75) is 13.3 Å². The van der Waals surface area contributed by atoms with E-state index in [0.717, 1.165) is 11.3 Å². The van der Waals surface area contributed by atoms with Crippen LogP contribution in [-0.2, 0) is 14.3 Å². The SMILES string of the molecule is COC(=O)CC1=C/C(=C(/C(C)=O)c2ccc([N+](=O)[O-])cc2)C=C(c2ccccc2)N1C. The van der Waals surface area contributed by atoms with Crippen LogP contribution in [0.4, 0.5) is 5.69 Å². The Morgan fingerprint density at radius 3 is 2.23 bits per heavy atom. The Balaban J connectivity index is 2.21. The van der Waals surface area contributed by atoms with Crippen molar-refractivity contribution in [3.05, 3.63) is 99.3 Å². The summed E-state index contributed by atoms with van der Waals surface area (Å²) in [5.74, 6) is -0.586. The van der Waals surface area contributed by atoms with E-state index >= 15 is 0 Å². The van der Waals surface area contributed by atoms with Crippen LogP contribution in [0.5, 0.6) is 0 Å². The zero-order valence-electron chi connectivity index (χ0n) is 17.5. The molecule has 1 aliphatic rings. The highest BCUT2D eigenvalue weighted by Gasteiger charge is 2.23. The molecular formula is C24H22N2O5. The molecule has 1 heterocycles. The van der Waals surface area contributed by atoms with Crippen LogP contribution in [0.1, 0.15) is 24.5 Å². The lowest BCUT2D eigenvalue weighted by Gasteiger charge is -2.30. The molecule has 2 aromatic carbocycles. The highest BCUT2D eigenvalue weighted by atomic mass is 16.6. The summed E-state index contributed by atoms with van der Waals surface area (Å²) in [6, 6.07) is 15.5. The van der Waals surface area contributed by atoms with E-state index in [-0.39, 0.29) is 17.9 Å². The lowest BCUT2D eigenvalue weighted by molar-refractivity contribution is -0.384. The van der Waals surface area contributed by atoms with E-state index in [1.165, 1.54) is 26.2 Å². The Labute approximate surface area is 180 Å². The molecule has 0 saturated heterocycles. The van der Waals surface area contributed by atoms with Gasteiger partial charge in [-0.15, -0.1) is 0 Å². The van der Waals surface area contributed by atoms with Gasteiger partial charge in [0.2, 0.25) is 0 Å². The molecule has 0 atom stereocenters. The molecule has 0 fully saturated rings. The van der Waals surface area contributed by atoms with Gasteiger partial charge in [0.1, 0.15) is 0 Å². The number of Topliss-reactive ketones (excluding diaryl/α,β-unsaturated/α-hetero) is 1. The summed E-state index contributed by atoms with van der Waals surface area (Å²) in [5, 5.41) is 11.0. The van der Waals surface area contributed by atoms with E-state index in [4.69, 9.17) is 4.74 Å². The van der Waals surface area contributed by atoms with E-state index < -0.39 is 10.9 Å². The first-order valence-electron chi connectivity index (χ1n) is 9.60. The van der Waals surface area contributed by atoms with Crippen molar-refractivity contribution in [1.29, 1.82) is 0 Å². The lowest BCUT2D eigenvalue weighted by atomic mass is 9.92. The number of hydrogen-bond acceptors (Lipinski definition) is 6. The maximum Gasteiger partial charge on any atom is 0.311 e. The number of nitrogens with zero attached hydrogens (tertiary/aromatic N) is 2. The first-order chi connectivity index (χ1) is 14.8. The van der Waals surface area contributed by atoms with E-state index in [9.17, 15) is 19.7 Å². The molecule has 0 N–H and O–H groups in total. The van der Waals surface area contributed by atoms with Crippen LogP contribution in [0.15, 0.2) is 78.0 Å². The monoisotopic (exact) mass is 418 g/mol. The first-order valence-corrected chi connectivity index (χ1v) is 9.60. The van der Waals surface area contributed by atoms with Crippen LogP contribution in [-0.4, -0.2) is 35.7 Å². The average molecular weight is 418 g/mol. The smallest absolute Gasteiger partial charge is 0.311 e. The standard InChI is InChI=1S/C24H22N2O5/c1-16(27)24(18-9-11-20(12-10-18)26(29)30)19-13-21(15-23(28)31-3)25(2)22(14-19)17-7-5-4-6-8-17/h4-14H,15H2,1-3H3/b24-19+. The summed E-state index contributed by atoms with van der Waals surface area (Å²) in [7, 11) is 3.18. The number of carbonyl (C=O) groups is 2. The highest BCUT2D eigenvalue weighted by Crippen LogP contribution is 2.34. The van der Waals surface area contributed by atoms with Crippen molar-refractivity contribution in [3.63, 3.8) is 0 Å². The predicted molar refractivity (Wildman–Crippen MR) is 118 cm³/mol. The second kappa shape index (κ2) is 9.21. The Kier molecular flexibility index (Phi) is 6.45. The molecule has 0 amide bonds. The topological polar surface area (TPSA) is 89.8 Å². The van der Waals surface area contributed by atoms with Gasteiger partial charge in [-0.2, -0.15) is 0 Å². The third-order valence-electron chi connectivity index (χ3n) is 5.04. The van der Waals surface area contributed by atoms with Crippen LogP contribution < -0.4 is 0 Å². The molecule has 2 aromatic rings. The molecule has 0 bridgehead atoms. The summed E-state index contributed by atoms with van der Waals surface area (Å²) >= 11 is 0. The number of allylic oxidation sites excluding steroid dienone is 4. The highest BCUT2D eigenvalue weighted by molar-refractivity contribution is 6.21. The van der Waals surface area contributed by atoms with Crippen molar-refractivity contribution < 1.29 is 19.2 Å². The number of nitro benzene ring substituents is 1. The molecule has 0 unspecified atom stereocenters. The van der Waals surface area contributed by atoms with E-state index in [1.807, 2.05) is 48.4 Å². The molecule has 0 aliphatic carbocycles. The van der Waals surface area contributed by atoms with Crippen molar-refractivity contribution in [2.75, 3.05) is 14.2 Å². The molecular weight excluding hydrogens is 396 g/mol. The molecule has 158 valence electrons. The molecule has 7 heteroatoms. The summed E-state index contributed by atoms with van der Waals surface area (Å²) in [6.45, 7) is 1.45. The number of rotatable bonds is 6. The van der Waals surface area contributed by atoms with E-state index in [2.05, 4.69) is 0 Å². The van der Waals surface area contributed by atoms with Gasteiger partial charge in [-0.1, -0.05) is 30.3 Å². The van der Waals surface area contributed by atoms with Gasteiger partial charge in [0, 0.05) is 36.1 Å². The zero-order valence-corrected chi connectivity index (χ0v) is 17.5. The summed E-state index contributed by atoms with van der Waals surface area (Å²) < 4.78 is 4.83. The Hall–Kier alpha value is -4.00. The maximum absolute atomic E-state index is 12.6. The zero-order chi connectivity index (χ0) is 22.5. The minimum absolute atomic E-state index is 0.0338.